The molecule has 0 bridgehead atoms. The minimum absolute atomic E-state index is 0.477. The molecule has 0 spiro atoms. The second-order valence-electron chi connectivity index (χ2n) is 5.65. The van der Waals surface area contributed by atoms with Crippen LogP contribution in [-0.2, 0) is 25.4 Å². The normalized spacial score (nSPS) is 13.9. The molecule has 0 fully saturated rings. The first-order valence-electron chi connectivity index (χ1n) is 7.39. The molecule has 2 aromatic carbocycles. The van der Waals surface area contributed by atoms with Crippen molar-refractivity contribution in [2.45, 2.75) is 12.7 Å². The summed E-state index contributed by atoms with van der Waals surface area (Å²) in [7, 11) is 0.335. The highest BCUT2D eigenvalue weighted by Gasteiger charge is 2.40. The van der Waals surface area contributed by atoms with Gasteiger partial charge in [-0.1, -0.05) is 25.1 Å². The van der Waals surface area contributed by atoms with Crippen LogP contribution in [-0.4, -0.2) is 40.1 Å². The van der Waals surface area contributed by atoms with E-state index in [1.807, 2.05) is 36.4 Å². The summed E-state index contributed by atoms with van der Waals surface area (Å²) in [5.41, 5.74) is 0.668. The number of hydrogen-bond acceptors (Lipinski definition) is 5. The zero-order chi connectivity index (χ0) is 18.0. The van der Waals surface area contributed by atoms with Gasteiger partial charge in [0.2, 0.25) is 0 Å². The Balaban J connectivity index is 2.52. The van der Waals surface area contributed by atoms with Crippen molar-refractivity contribution in [1.82, 2.24) is 0 Å². The van der Waals surface area contributed by atoms with Crippen molar-refractivity contribution in [1.29, 1.82) is 0 Å². The molecular formula is C17H22O6S. The molecule has 6 nitrogen and oxygen atoms in total. The summed E-state index contributed by atoms with van der Waals surface area (Å²) in [6, 6.07) is 11.2. The summed E-state index contributed by atoms with van der Waals surface area (Å²) >= 11 is 0. The van der Waals surface area contributed by atoms with Crippen LogP contribution in [0.2, 0.25) is 0 Å². The van der Waals surface area contributed by atoms with Gasteiger partial charge in [-0.2, -0.15) is 8.42 Å². The Labute approximate surface area is 142 Å². The third-order valence-electron chi connectivity index (χ3n) is 4.17. The molecule has 1 N–H and O–H groups in total. The lowest BCUT2D eigenvalue weighted by Crippen LogP contribution is -2.41. The fraction of sp³-hybridized carbons (Fsp3) is 0.412. The van der Waals surface area contributed by atoms with E-state index in [-0.39, 0.29) is 0 Å². The van der Waals surface area contributed by atoms with Gasteiger partial charge in [-0.05, 0) is 29.0 Å². The fourth-order valence-electron chi connectivity index (χ4n) is 3.00. The minimum atomic E-state index is -4.16. The summed E-state index contributed by atoms with van der Waals surface area (Å²) in [6.07, 6.45) is 0. The molecule has 1 unspecified atom stereocenters. The van der Waals surface area contributed by atoms with Gasteiger partial charge in [0.15, 0.2) is 5.79 Å². The number of fused-ring (bicyclic) bond motifs is 1. The quantitative estimate of drug-likeness (QED) is 0.608. The van der Waals surface area contributed by atoms with Crippen molar-refractivity contribution >= 4 is 20.9 Å². The van der Waals surface area contributed by atoms with Gasteiger partial charge in [0.1, 0.15) is 5.75 Å². The Kier molecular flexibility index (Phi) is 5.49. The Morgan fingerprint density at radius 3 is 2.17 bits per heavy atom. The molecule has 0 heterocycles. The van der Waals surface area contributed by atoms with E-state index in [1.165, 1.54) is 14.2 Å². The number of benzene rings is 2. The van der Waals surface area contributed by atoms with Crippen molar-refractivity contribution in [3.8, 4) is 5.75 Å². The molecule has 0 saturated heterocycles. The molecule has 1 atom stereocenters. The van der Waals surface area contributed by atoms with Crippen molar-refractivity contribution in [2.24, 2.45) is 5.92 Å². The molecule has 132 valence electrons. The lowest BCUT2D eigenvalue weighted by atomic mass is 9.92. The van der Waals surface area contributed by atoms with Crippen LogP contribution in [0, 0.1) is 5.92 Å². The highest BCUT2D eigenvalue weighted by molar-refractivity contribution is 7.85. The third kappa shape index (κ3) is 3.70. The van der Waals surface area contributed by atoms with Gasteiger partial charge in [-0.15, -0.1) is 0 Å². The Morgan fingerprint density at radius 1 is 1.04 bits per heavy atom. The lowest BCUT2D eigenvalue weighted by Gasteiger charge is -2.36. The minimum Gasteiger partial charge on any atom is -0.497 e. The average molecular weight is 354 g/mol. The van der Waals surface area contributed by atoms with Crippen molar-refractivity contribution in [3.05, 3.63) is 42.0 Å². The maximum Gasteiger partial charge on any atom is 0.265 e. The van der Waals surface area contributed by atoms with E-state index in [4.69, 9.17) is 18.8 Å². The Hall–Kier alpha value is -1.67. The first kappa shape index (κ1) is 18.7. The standard InChI is InChI=1S/C17H22O6S/c1-12(11-24(18,19)20)17(22-3,23-4)15-7-5-14-10-16(21-2)8-6-13(14)9-15/h5-10,12H,11H2,1-4H3,(H,18,19,20). The van der Waals surface area contributed by atoms with Gasteiger partial charge in [0, 0.05) is 25.7 Å². The molecule has 2 rings (SSSR count). The summed E-state index contributed by atoms with van der Waals surface area (Å²) in [5, 5.41) is 1.91. The van der Waals surface area contributed by atoms with E-state index in [0.29, 0.717) is 5.56 Å². The Morgan fingerprint density at radius 2 is 1.62 bits per heavy atom. The third-order valence-corrected chi connectivity index (χ3v) is 5.09. The van der Waals surface area contributed by atoms with Crippen molar-refractivity contribution in [3.63, 3.8) is 0 Å². The number of rotatable bonds is 7. The van der Waals surface area contributed by atoms with Crippen LogP contribution in [0.15, 0.2) is 36.4 Å². The summed E-state index contributed by atoms with van der Waals surface area (Å²) in [6.45, 7) is 1.65. The highest BCUT2D eigenvalue weighted by atomic mass is 32.2. The molecular weight excluding hydrogens is 332 g/mol. The average Bonchev–Trinajstić information content (AvgIpc) is 2.54. The first-order valence-corrected chi connectivity index (χ1v) is 9.00. The molecule has 2 aromatic rings. The zero-order valence-corrected chi connectivity index (χ0v) is 15.0. The summed E-state index contributed by atoms with van der Waals surface area (Å²) in [5.74, 6) is -1.64. The van der Waals surface area contributed by atoms with Crippen LogP contribution >= 0.6 is 0 Å². The van der Waals surface area contributed by atoms with Crippen LogP contribution in [0.3, 0.4) is 0 Å². The second kappa shape index (κ2) is 7.06. The van der Waals surface area contributed by atoms with Crippen LogP contribution in [0.1, 0.15) is 12.5 Å². The van der Waals surface area contributed by atoms with E-state index >= 15 is 0 Å². The number of ether oxygens (including phenoxy) is 3. The van der Waals surface area contributed by atoms with Crippen molar-refractivity contribution in [2.75, 3.05) is 27.1 Å². The van der Waals surface area contributed by atoms with Gasteiger partial charge in [-0.3, -0.25) is 4.55 Å². The van der Waals surface area contributed by atoms with Crippen LogP contribution in [0.25, 0.3) is 10.8 Å². The van der Waals surface area contributed by atoms with E-state index in [2.05, 4.69) is 0 Å². The molecule has 0 aliphatic carbocycles. The molecule has 0 aliphatic heterocycles. The van der Waals surface area contributed by atoms with Gasteiger partial charge >= 0.3 is 0 Å². The Bertz CT molecular complexity index is 811. The second-order valence-corrected chi connectivity index (χ2v) is 7.15. The van der Waals surface area contributed by atoms with Gasteiger partial charge in [-0.25, -0.2) is 0 Å². The maximum atomic E-state index is 11.3. The van der Waals surface area contributed by atoms with E-state index in [9.17, 15) is 8.42 Å². The molecule has 0 aromatic heterocycles. The van der Waals surface area contributed by atoms with Gasteiger partial charge in [0.05, 0.1) is 12.9 Å². The van der Waals surface area contributed by atoms with Crippen molar-refractivity contribution < 1.29 is 27.2 Å². The smallest absolute Gasteiger partial charge is 0.265 e. The van der Waals surface area contributed by atoms with Crippen LogP contribution < -0.4 is 4.74 Å². The van der Waals surface area contributed by atoms with E-state index in [1.54, 1.807) is 14.0 Å². The topological polar surface area (TPSA) is 82.1 Å². The number of methoxy groups -OCH3 is 3. The lowest BCUT2D eigenvalue weighted by molar-refractivity contribution is -0.242. The molecule has 0 radical (unpaired) electrons. The van der Waals surface area contributed by atoms with Gasteiger partial charge in [0.25, 0.3) is 10.1 Å². The molecule has 0 saturated carbocycles. The molecule has 0 amide bonds. The largest absolute Gasteiger partial charge is 0.497 e. The molecule has 7 heteroatoms. The molecule has 24 heavy (non-hydrogen) atoms. The molecule has 0 aliphatic rings. The SMILES string of the molecule is COc1ccc2cc(C(OC)(OC)C(C)CS(=O)(=O)O)ccc2c1. The monoisotopic (exact) mass is 354 g/mol. The zero-order valence-electron chi connectivity index (χ0n) is 14.1. The predicted molar refractivity (Wildman–Crippen MR) is 91.8 cm³/mol. The van der Waals surface area contributed by atoms with E-state index < -0.39 is 27.6 Å². The predicted octanol–water partition coefficient (Wildman–Crippen LogP) is 2.82. The maximum absolute atomic E-state index is 11.3. The summed E-state index contributed by atoms with van der Waals surface area (Å²) in [4.78, 5) is 0. The fourth-order valence-corrected chi connectivity index (χ4v) is 3.85. The highest BCUT2D eigenvalue weighted by Crippen LogP contribution is 2.37. The van der Waals surface area contributed by atoms with Gasteiger partial charge < -0.3 is 14.2 Å². The van der Waals surface area contributed by atoms with E-state index in [0.717, 1.165) is 16.5 Å². The number of hydrogen-bond donors (Lipinski definition) is 1. The van der Waals surface area contributed by atoms with Crippen LogP contribution in [0.4, 0.5) is 0 Å². The van der Waals surface area contributed by atoms with Crippen LogP contribution in [0.5, 0.6) is 5.75 Å². The summed E-state index contributed by atoms with van der Waals surface area (Å²) < 4.78 is 48.0. The first-order chi connectivity index (χ1) is 11.3.